The molecule has 3 N–H and O–H groups in total. The number of halogens is 5. The fraction of sp³-hybridized carbons (Fsp3) is 0.0714. The fourth-order valence-electron chi connectivity index (χ4n) is 2.47. The van der Waals surface area contributed by atoms with E-state index in [0.717, 1.165) is 12.1 Å². The molecule has 0 fully saturated rings. The number of aromatic nitrogens is 1. The molecule has 11 heteroatoms. The number of nitrogens with two attached hydrogens (primary N) is 1. The minimum atomic E-state index is -4.83. The Kier molecular flexibility index (Phi) is 3.81. The van der Waals surface area contributed by atoms with Crippen molar-refractivity contribution < 1.29 is 22.8 Å². The topological polar surface area (TPSA) is 94.2 Å². The third kappa shape index (κ3) is 2.65. The summed E-state index contributed by atoms with van der Waals surface area (Å²) in [5.74, 6) is -2.23. The highest BCUT2D eigenvalue weighted by Gasteiger charge is 2.36. The third-order valence-corrected chi connectivity index (χ3v) is 4.13. The maximum Gasteiger partial charge on any atom is 0.417 e. The van der Waals surface area contributed by atoms with Gasteiger partial charge in [0.2, 0.25) is 0 Å². The van der Waals surface area contributed by atoms with E-state index in [0.29, 0.717) is 10.6 Å². The molecule has 0 aliphatic carbocycles. The van der Waals surface area contributed by atoms with Gasteiger partial charge in [0.25, 0.3) is 17.4 Å². The number of alkyl halides is 3. The van der Waals surface area contributed by atoms with Crippen LogP contribution in [0.1, 0.15) is 26.3 Å². The molecule has 0 radical (unpaired) electrons. The van der Waals surface area contributed by atoms with Crippen LogP contribution in [0.4, 0.5) is 19.0 Å². The number of nitrogen functional groups attached to an aromatic ring is 1. The van der Waals surface area contributed by atoms with Crippen LogP contribution in [0.3, 0.4) is 0 Å². The number of hydrogen-bond donors (Lipinski definition) is 2. The van der Waals surface area contributed by atoms with Gasteiger partial charge in [0.05, 0.1) is 27.4 Å². The molecule has 0 bridgehead atoms. The zero-order valence-electron chi connectivity index (χ0n) is 11.9. The van der Waals surface area contributed by atoms with Crippen LogP contribution in [-0.4, -0.2) is 16.4 Å². The Labute approximate surface area is 146 Å². The molecule has 0 unspecified atom stereocenters. The number of carbonyl (C=O) groups is 2. The molecule has 1 aliphatic rings. The molecule has 1 aliphatic heterocycles. The summed E-state index contributed by atoms with van der Waals surface area (Å²) in [7, 11) is 0. The molecule has 1 aromatic carbocycles. The molecule has 1 aromatic heterocycles. The highest BCUT2D eigenvalue weighted by atomic mass is 35.5. The largest absolute Gasteiger partial charge is 0.417 e. The SMILES string of the molecule is Nc1c2c(cc(=O)n1-c1cc(Cl)cc(C(F)(F)F)c1Cl)C(=O)NC2=O. The predicted molar refractivity (Wildman–Crippen MR) is 83.3 cm³/mol. The van der Waals surface area contributed by atoms with Gasteiger partial charge < -0.3 is 5.73 Å². The van der Waals surface area contributed by atoms with Crippen LogP contribution >= 0.6 is 23.2 Å². The number of nitrogens with zero attached hydrogens (tertiary/aromatic N) is 1. The van der Waals surface area contributed by atoms with Gasteiger partial charge in [-0.25, -0.2) is 0 Å². The molecule has 130 valence electrons. The summed E-state index contributed by atoms with van der Waals surface area (Å²) >= 11 is 11.5. The standard InChI is InChI=1S/C14H6Cl2F3N3O3/c15-4-1-6(14(17,18)19)10(16)7(2-4)22-8(23)3-5-9(11(22)20)13(25)21-12(5)24/h1-3H,20H2,(H,21,24,25). The molecule has 0 saturated heterocycles. The second kappa shape index (κ2) is 5.50. The second-order valence-corrected chi connectivity index (χ2v) is 5.87. The van der Waals surface area contributed by atoms with Crippen molar-refractivity contribution in [3.05, 3.63) is 55.3 Å². The summed E-state index contributed by atoms with van der Waals surface area (Å²) in [6, 6.07) is 2.38. The quantitative estimate of drug-likeness (QED) is 0.730. The van der Waals surface area contributed by atoms with E-state index in [2.05, 4.69) is 0 Å². The van der Waals surface area contributed by atoms with Gasteiger partial charge in [0, 0.05) is 11.1 Å². The van der Waals surface area contributed by atoms with Gasteiger partial charge in [0.15, 0.2) is 0 Å². The van der Waals surface area contributed by atoms with E-state index >= 15 is 0 Å². The smallest absolute Gasteiger partial charge is 0.384 e. The van der Waals surface area contributed by atoms with Crippen LogP contribution in [0.5, 0.6) is 0 Å². The monoisotopic (exact) mass is 391 g/mol. The molecule has 0 spiro atoms. The maximum absolute atomic E-state index is 13.1. The highest BCUT2D eigenvalue weighted by Crippen LogP contribution is 2.40. The number of benzene rings is 1. The van der Waals surface area contributed by atoms with Gasteiger partial charge in [-0.3, -0.25) is 24.3 Å². The lowest BCUT2D eigenvalue weighted by Gasteiger charge is -2.17. The van der Waals surface area contributed by atoms with E-state index in [1.54, 1.807) is 0 Å². The normalized spacial score (nSPS) is 13.8. The van der Waals surface area contributed by atoms with Crippen molar-refractivity contribution in [1.82, 2.24) is 9.88 Å². The molecule has 0 atom stereocenters. The van der Waals surface area contributed by atoms with Crippen LogP contribution < -0.4 is 16.6 Å². The van der Waals surface area contributed by atoms with Crippen molar-refractivity contribution in [2.75, 3.05) is 5.73 Å². The van der Waals surface area contributed by atoms with Crippen LogP contribution in [0.15, 0.2) is 23.0 Å². The summed E-state index contributed by atoms with van der Waals surface area (Å²) in [5.41, 5.74) is 2.50. The summed E-state index contributed by atoms with van der Waals surface area (Å²) in [4.78, 5) is 35.7. The number of pyridine rings is 1. The average molecular weight is 392 g/mol. The summed E-state index contributed by atoms with van der Waals surface area (Å²) < 4.78 is 39.9. The van der Waals surface area contributed by atoms with E-state index in [-0.39, 0.29) is 16.1 Å². The van der Waals surface area contributed by atoms with Crippen molar-refractivity contribution in [2.45, 2.75) is 6.18 Å². The number of nitrogens with one attached hydrogen (secondary N) is 1. The van der Waals surface area contributed by atoms with E-state index < -0.39 is 45.6 Å². The fourth-order valence-corrected chi connectivity index (χ4v) is 2.98. The van der Waals surface area contributed by atoms with E-state index in [1.807, 2.05) is 5.32 Å². The lowest BCUT2D eigenvalue weighted by Crippen LogP contribution is -2.25. The first-order chi connectivity index (χ1) is 11.5. The molecular weight excluding hydrogens is 386 g/mol. The first-order valence-corrected chi connectivity index (χ1v) is 7.25. The highest BCUT2D eigenvalue weighted by molar-refractivity contribution is 6.35. The number of amides is 2. The molecule has 25 heavy (non-hydrogen) atoms. The summed E-state index contributed by atoms with van der Waals surface area (Å²) in [6.07, 6.45) is -4.83. The maximum atomic E-state index is 13.1. The zero-order chi connectivity index (χ0) is 18.7. The minimum absolute atomic E-state index is 0.266. The lowest BCUT2D eigenvalue weighted by molar-refractivity contribution is -0.137. The Bertz CT molecular complexity index is 1020. The van der Waals surface area contributed by atoms with E-state index in [4.69, 9.17) is 28.9 Å². The van der Waals surface area contributed by atoms with E-state index in [1.165, 1.54) is 0 Å². The van der Waals surface area contributed by atoms with Gasteiger partial charge in [-0.1, -0.05) is 23.2 Å². The number of rotatable bonds is 1. The Morgan fingerprint density at radius 1 is 1.04 bits per heavy atom. The Balaban J connectivity index is 2.39. The minimum Gasteiger partial charge on any atom is -0.384 e. The molecule has 2 aromatic rings. The van der Waals surface area contributed by atoms with Crippen molar-refractivity contribution in [3.8, 4) is 5.69 Å². The van der Waals surface area contributed by atoms with Crippen LogP contribution in [0.25, 0.3) is 5.69 Å². The summed E-state index contributed by atoms with van der Waals surface area (Å²) in [5, 5.41) is 0.770. The first-order valence-electron chi connectivity index (χ1n) is 6.50. The zero-order valence-corrected chi connectivity index (χ0v) is 13.4. The molecule has 2 heterocycles. The predicted octanol–water partition coefficient (Wildman–Crippen LogP) is 2.63. The number of hydrogen-bond acceptors (Lipinski definition) is 4. The molecule has 2 amide bonds. The van der Waals surface area contributed by atoms with E-state index in [9.17, 15) is 27.6 Å². The van der Waals surface area contributed by atoms with Crippen molar-refractivity contribution in [1.29, 1.82) is 0 Å². The van der Waals surface area contributed by atoms with Gasteiger partial charge in [-0.2, -0.15) is 13.2 Å². The second-order valence-electron chi connectivity index (χ2n) is 5.06. The van der Waals surface area contributed by atoms with Crippen molar-refractivity contribution in [3.63, 3.8) is 0 Å². The summed E-state index contributed by atoms with van der Waals surface area (Å²) in [6.45, 7) is 0. The average Bonchev–Trinajstić information content (AvgIpc) is 2.75. The van der Waals surface area contributed by atoms with Crippen LogP contribution in [0.2, 0.25) is 10.0 Å². The first kappa shape index (κ1) is 17.3. The number of imide groups is 1. The Hall–Kier alpha value is -2.52. The molecular formula is C14H6Cl2F3N3O3. The number of carbonyl (C=O) groups excluding carboxylic acids is 2. The van der Waals surface area contributed by atoms with Crippen LogP contribution in [0, 0.1) is 0 Å². The molecule has 0 saturated carbocycles. The lowest BCUT2D eigenvalue weighted by atomic mass is 10.1. The Morgan fingerprint density at radius 3 is 2.28 bits per heavy atom. The van der Waals surface area contributed by atoms with Crippen molar-refractivity contribution in [2.24, 2.45) is 0 Å². The third-order valence-electron chi connectivity index (χ3n) is 3.52. The van der Waals surface area contributed by atoms with Gasteiger partial charge in [-0.05, 0) is 12.1 Å². The molecule has 6 nitrogen and oxygen atoms in total. The number of fused-ring (bicyclic) bond motifs is 1. The van der Waals surface area contributed by atoms with Crippen LogP contribution in [-0.2, 0) is 6.18 Å². The van der Waals surface area contributed by atoms with Gasteiger partial charge in [-0.15, -0.1) is 0 Å². The number of anilines is 1. The van der Waals surface area contributed by atoms with Gasteiger partial charge >= 0.3 is 6.18 Å². The Morgan fingerprint density at radius 2 is 1.68 bits per heavy atom. The molecule has 3 rings (SSSR count). The van der Waals surface area contributed by atoms with Crippen molar-refractivity contribution >= 4 is 40.8 Å². The van der Waals surface area contributed by atoms with Gasteiger partial charge in [0.1, 0.15) is 5.82 Å².